The number of esters is 1. The van der Waals surface area contributed by atoms with Gasteiger partial charge in [-0.25, -0.2) is 18.0 Å². The van der Waals surface area contributed by atoms with Crippen molar-refractivity contribution in [3.63, 3.8) is 0 Å². The number of carbonyl (C=O) groups excluding carboxylic acids is 2. The van der Waals surface area contributed by atoms with Crippen LogP contribution in [0.25, 0.3) is 11.0 Å². The fourth-order valence-electron chi connectivity index (χ4n) is 3.27. The number of ether oxygens (including phenoxy) is 1. The Hall–Kier alpha value is -2.68. The number of fused-ring (bicyclic) bond motifs is 1. The molecule has 1 fully saturated rings. The second-order valence-electron chi connectivity index (χ2n) is 6.71. The highest BCUT2D eigenvalue weighted by Gasteiger charge is 2.34. The zero-order valence-electron chi connectivity index (χ0n) is 15.4. The summed E-state index contributed by atoms with van der Waals surface area (Å²) in [6, 6.07) is 7.67. The van der Waals surface area contributed by atoms with Crippen molar-refractivity contribution in [2.24, 2.45) is 0 Å². The molecule has 0 N–H and O–H groups in total. The SMILES string of the molecule is CCCN(C(=O)COC(=O)c1cc2ccccc2oc1=O)[C@@H]1CCS(=O)(=O)C1. The average molecular weight is 407 g/mol. The molecule has 1 aliphatic rings. The highest BCUT2D eigenvalue weighted by atomic mass is 32.2. The van der Waals surface area contributed by atoms with Gasteiger partial charge in [-0.3, -0.25) is 4.79 Å². The molecule has 0 unspecified atom stereocenters. The van der Waals surface area contributed by atoms with Crippen LogP contribution in [0.1, 0.15) is 30.1 Å². The Balaban J connectivity index is 1.70. The Morgan fingerprint density at radius 1 is 1.29 bits per heavy atom. The van der Waals surface area contributed by atoms with Gasteiger partial charge in [0.05, 0.1) is 11.5 Å². The van der Waals surface area contributed by atoms with Crippen LogP contribution in [0.4, 0.5) is 0 Å². The highest BCUT2D eigenvalue weighted by Crippen LogP contribution is 2.19. The molecule has 1 atom stereocenters. The minimum absolute atomic E-state index is 0.0447. The molecule has 1 aromatic carbocycles. The molecular formula is C19H21NO7S. The van der Waals surface area contributed by atoms with Gasteiger partial charge in [-0.2, -0.15) is 0 Å². The summed E-state index contributed by atoms with van der Waals surface area (Å²) in [6.07, 6.45) is 1.01. The third-order valence-corrected chi connectivity index (χ3v) is 6.37. The monoisotopic (exact) mass is 407 g/mol. The maximum Gasteiger partial charge on any atom is 0.351 e. The zero-order valence-corrected chi connectivity index (χ0v) is 16.2. The number of carbonyl (C=O) groups is 2. The van der Waals surface area contributed by atoms with Gasteiger partial charge in [-0.1, -0.05) is 25.1 Å². The van der Waals surface area contributed by atoms with Crippen LogP contribution in [-0.4, -0.2) is 55.9 Å². The molecule has 0 bridgehead atoms. The molecule has 28 heavy (non-hydrogen) atoms. The van der Waals surface area contributed by atoms with Crippen LogP contribution < -0.4 is 5.63 Å². The Bertz CT molecular complexity index is 1060. The number of hydrogen-bond acceptors (Lipinski definition) is 7. The second-order valence-corrected chi connectivity index (χ2v) is 8.93. The van der Waals surface area contributed by atoms with E-state index in [9.17, 15) is 22.8 Å². The fourth-order valence-corrected chi connectivity index (χ4v) is 5.00. The lowest BCUT2D eigenvalue weighted by Gasteiger charge is -2.27. The number of hydrogen-bond donors (Lipinski definition) is 0. The van der Waals surface area contributed by atoms with Crippen LogP contribution in [0, 0.1) is 0 Å². The lowest BCUT2D eigenvalue weighted by Crippen LogP contribution is -2.43. The average Bonchev–Trinajstić information content (AvgIpc) is 3.02. The van der Waals surface area contributed by atoms with Gasteiger partial charge in [0, 0.05) is 18.0 Å². The molecule has 0 radical (unpaired) electrons. The standard InChI is InChI=1S/C19H21NO7S/c1-2-8-20(14-7-9-28(24,25)12-14)17(21)11-26-18(22)15-10-13-5-3-4-6-16(13)27-19(15)23/h3-6,10,14H,2,7-9,11-12H2,1H3/t14-/m1/s1. The van der Waals surface area contributed by atoms with Gasteiger partial charge in [-0.15, -0.1) is 0 Å². The summed E-state index contributed by atoms with van der Waals surface area (Å²) in [5, 5.41) is 0.559. The molecule has 1 amide bonds. The Morgan fingerprint density at radius 2 is 2.04 bits per heavy atom. The molecule has 0 aliphatic carbocycles. The molecule has 2 heterocycles. The summed E-state index contributed by atoms with van der Waals surface area (Å²) in [4.78, 5) is 38.2. The maximum absolute atomic E-state index is 12.5. The van der Waals surface area contributed by atoms with Gasteiger partial charge < -0.3 is 14.1 Å². The molecule has 8 nitrogen and oxygen atoms in total. The van der Waals surface area contributed by atoms with Crippen LogP contribution in [0.15, 0.2) is 39.5 Å². The van der Waals surface area contributed by atoms with Crippen molar-refractivity contribution in [3.8, 4) is 0 Å². The minimum atomic E-state index is -3.15. The first-order chi connectivity index (χ1) is 13.3. The molecule has 3 rings (SSSR count). The van der Waals surface area contributed by atoms with Gasteiger partial charge in [0.25, 0.3) is 5.91 Å². The zero-order chi connectivity index (χ0) is 20.3. The number of rotatable bonds is 6. The van der Waals surface area contributed by atoms with Crippen LogP contribution in [-0.2, 0) is 19.4 Å². The number of para-hydroxylation sites is 1. The van der Waals surface area contributed by atoms with Crippen molar-refractivity contribution in [1.29, 1.82) is 0 Å². The van der Waals surface area contributed by atoms with E-state index >= 15 is 0 Å². The van der Waals surface area contributed by atoms with Gasteiger partial charge in [0.2, 0.25) is 0 Å². The van der Waals surface area contributed by atoms with Crippen molar-refractivity contribution in [2.45, 2.75) is 25.8 Å². The van der Waals surface area contributed by atoms with Gasteiger partial charge in [0.15, 0.2) is 16.4 Å². The van der Waals surface area contributed by atoms with Crippen LogP contribution in [0.3, 0.4) is 0 Å². The smallest absolute Gasteiger partial charge is 0.351 e. The number of benzene rings is 1. The van der Waals surface area contributed by atoms with E-state index in [1.807, 2.05) is 6.92 Å². The third kappa shape index (κ3) is 4.41. The molecule has 1 aliphatic heterocycles. The van der Waals surface area contributed by atoms with Crippen LogP contribution in [0.5, 0.6) is 0 Å². The summed E-state index contributed by atoms with van der Waals surface area (Å²) >= 11 is 0. The molecule has 150 valence electrons. The van der Waals surface area contributed by atoms with E-state index in [1.165, 1.54) is 11.0 Å². The lowest BCUT2D eigenvalue weighted by atomic mass is 10.2. The van der Waals surface area contributed by atoms with E-state index < -0.39 is 40.0 Å². The third-order valence-electron chi connectivity index (χ3n) is 4.62. The normalized spacial score (nSPS) is 18.1. The van der Waals surface area contributed by atoms with Gasteiger partial charge in [-0.05, 0) is 25.0 Å². The number of nitrogens with zero attached hydrogens (tertiary/aromatic N) is 1. The predicted molar refractivity (Wildman–Crippen MR) is 102 cm³/mol. The Kier molecular flexibility index (Phi) is 5.83. The first kappa shape index (κ1) is 20.1. The largest absolute Gasteiger partial charge is 0.452 e. The van der Waals surface area contributed by atoms with Crippen molar-refractivity contribution < 1.29 is 27.2 Å². The van der Waals surface area contributed by atoms with Crippen molar-refractivity contribution in [2.75, 3.05) is 24.7 Å². The van der Waals surface area contributed by atoms with E-state index in [4.69, 9.17) is 9.15 Å². The Labute approximate surface area is 162 Å². The number of sulfone groups is 1. The van der Waals surface area contributed by atoms with E-state index in [0.29, 0.717) is 30.4 Å². The summed E-state index contributed by atoms with van der Waals surface area (Å²) in [6.45, 7) is 1.67. The molecule has 9 heteroatoms. The molecule has 1 saturated heterocycles. The van der Waals surface area contributed by atoms with E-state index in [-0.39, 0.29) is 17.1 Å². The molecule has 2 aromatic rings. The van der Waals surface area contributed by atoms with Crippen molar-refractivity contribution >= 4 is 32.7 Å². The van der Waals surface area contributed by atoms with Gasteiger partial charge in [0.1, 0.15) is 11.1 Å². The van der Waals surface area contributed by atoms with Crippen LogP contribution >= 0.6 is 0 Å². The van der Waals surface area contributed by atoms with E-state index in [1.54, 1.807) is 24.3 Å². The summed E-state index contributed by atoms with van der Waals surface area (Å²) in [5.41, 5.74) is -0.794. The first-order valence-electron chi connectivity index (χ1n) is 9.00. The minimum Gasteiger partial charge on any atom is -0.452 e. The van der Waals surface area contributed by atoms with E-state index in [0.717, 1.165) is 0 Å². The summed E-state index contributed by atoms with van der Waals surface area (Å²) < 4.78 is 33.5. The first-order valence-corrected chi connectivity index (χ1v) is 10.8. The van der Waals surface area contributed by atoms with Crippen molar-refractivity contribution in [1.82, 2.24) is 4.90 Å². The molecular weight excluding hydrogens is 386 g/mol. The Morgan fingerprint density at radius 3 is 2.71 bits per heavy atom. The topological polar surface area (TPSA) is 111 Å². The van der Waals surface area contributed by atoms with Crippen LogP contribution in [0.2, 0.25) is 0 Å². The molecule has 1 aromatic heterocycles. The summed E-state index contributed by atoms with van der Waals surface area (Å²) in [5.74, 6) is -1.48. The highest BCUT2D eigenvalue weighted by molar-refractivity contribution is 7.91. The quantitative estimate of drug-likeness (QED) is 0.525. The van der Waals surface area contributed by atoms with E-state index in [2.05, 4.69) is 0 Å². The molecule has 0 spiro atoms. The predicted octanol–water partition coefficient (Wildman–Crippen LogP) is 1.38. The fraction of sp³-hybridized carbons (Fsp3) is 0.421. The lowest BCUT2D eigenvalue weighted by molar-refractivity contribution is -0.136. The maximum atomic E-state index is 12.5. The second kappa shape index (κ2) is 8.14. The van der Waals surface area contributed by atoms with Crippen molar-refractivity contribution in [3.05, 3.63) is 46.3 Å². The van der Waals surface area contributed by atoms with Gasteiger partial charge >= 0.3 is 11.6 Å². The summed E-state index contributed by atoms with van der Waals surface area (Å²) in [7, 11) is -3.15. The number of amides is 1. The molecule has 0 saturated carbocycles.